The lowest BCUT2D eigenvalue weighted by atomic mass is 10.0. The second-order valence-corrected chi connectivity index (χ2v) is 7.11. The molecular formula is C19H31ClN4O2. The normalized spacial score (nSPS) is 14.3. The average Bonchev–Trinajstić information content (AvgIpc) is 2.62. The zero-order chi connectivity index (χ0) is 18.4. The molecule has 1 atom stereocenters. The lowest BCUT2D eigenvalue weighted by molar-refractivity contribution is -0.128. The third-order valence-corrected chi connectivity index (χ3v) is 4.89. The van der Waals surface area contributed by atoms with Crippen molar-refractivity contribution in [1.82, 2.24) is 15.1 Å². The number of carbonyl (C=O) groups excluding carboxylic acids is 2. The number of nitrogens with zero attached hydrogens (tertiary/aromatic N) is 2. The predicted octanol–water partition coefficient (Wildman–Crippen LogP) is 2.01. The standard InChI is InChI=1S/C19H30N4O2.ClH/c1-14(2)17(20)9-10-22(3)18(24)12-21-19(25)23-11-8-15-6-4-5-7-16(15)13-23;/h4-7,14,17H,8-13,20H2,1-3H3,(H,21,25);1H. The van der Waals surface area contributed by atoms with Crippen molar-refractivity contribution in [3.63, 3.8) is 0 Å². The minimum absolute atomic E-state index is 0. The van der Waals surface area contributed by atoms with E-state index >= 15 is 0 Å². The van der Waals surface area contributed by atoms with Crippen LogP contribution in [0.25, 0.3) is 0 Å². The van der Waals surface area contributed by atoms with Crippen molar-refractivity contribution >= 4 is 24.3 Å². The molecule has 1 aromatic carbocycles. The van der Waals surface area contributed by atoms with Gasteiger partial charge in [0.1, 0.15) is 0 Å². The molecule has 2 rings (SSSR count). The van der Waals surface area contributed by atoms with E-state index < -0.39 is 0 Å². The summed E-state index contributed by atoms with van der Waals surface area (Å²) < 4.78 is 0. The number of rotatable bonds is 6. The molecule has 26 heavy (non-hydrogen) atoms. The number of hydrogen-bond donors (Lipinski definition) is 2. The summed E-state index contributed by atoms with van der Waals surface area (Å²) in [7, 11) is 1.75. The van der Waals surface area contributed by atoms with Crippen molar-refractivity contribution in [1.29, 1.82) is 0 Å². The van der Waals surface area contributed by atoms with Crippen LogP contribution in [0.3, 0.4) is 0 Å². The van der Waals surface area contributed by atoms with Crippen LogP contribution in [-0.2, 0) is 17.8 Å². The second-order valence-electron chi connectivity index (χ2n) is 7.11. The van der Waals surface area contributed by atoms with E-state index in [2.05, 4.69) is 25.2 Å². The van der Waals surface area contributed by atoms with E-state index in [1.54, 1.807) is 16.8 Å². The summed E-state index contributed by atoms with van der Waals surface area (Å²) in [6.45, 7) is 6.04. The molecule has 0 radical (unpaired) electrons. The van der Waals surface area contributed by atoms with Crippen molar-refractivity contribution in [2.24, 2.45) is 11.7 Å². The number of nitrogens with two attached hydrogens (primary N) is 1. The van der Waals surface area contributed by atoms with Gasteiger partial charge >= 0.3 is 6.03 Å². The summed E-state index contributed by atoms with van der Waals surface area (Å²) in [5.74, 6) is 0.298. The SMILES string of the molecule is CC(C)C(N)CCN(C)C(=O)CNC(=O)N1CCc2ccccc2C1.Cl. The van der Waals surface area contributed by atoms with Gasteiger partial charge in [0.25, 0.3) is 0 Å². The van der Waals surface area contributed by atoms with Gasteiger partial charge in [0.15, 0.2) is 0 Å². The highest BCUT2D eigenvalue weighted by molar-refractivity contribution is 5.85. The number of fused-ring (bicyclic) bond motifs is 1. The Bertz CT molecular complexity index is 609. The zero-order valence-electron chi connectivity index (χ0n) is 15.9. The van der Waals surface area contributed by atoms with Crippen LogP contribution in [0.15, 0.2) is 24.3 Å². The Morgan fingerprint density at radius 3 is 2.58 bits per heavy atom. The van der Waals surface area contributed by atoms with Gasteiger partial charge in [-0.3, -0.25) is 4.79 Å². The van der Waals surface area contributed by atoms with Gasteiger partial charge in [-0.15, -0.1) is 12.4 Å². The van der Waals surface area contributed by atoms with Crippen LogP contribution in [0.1, 0.15) is 31.4 Å². The molecule has 1 unspecified atom stereocenters. The van der Waals surface area contributed by atoms with E-state index in [1.807, 2.05) is 18.2 Å². The molecule has 0 fully saturated rings. The Labute approximate surface area is 162 Å². The molecule has 146 valence electrons. The number of hydrogen-bond acceptors (Lipinski definition) is 3. The summed E-state index contributed by atoms with van der Waals surface area (Å²) in [6.07, 6.45) is 1.61. The highest BCUT2D eigenvalue weighted by Crippen LogP contribution is 2.18. The lowest BCUT2D eigenvalue weighted by Crippen LogP contribution is -2.46. The largest absolute Gasteiger partial charge is 0.344 e. The molecule has 0 saturated heterocycles. The van der Waals surface area contributed by atoms with E-state index in [1.165, 1.54) is 11.1 Å². The first kappa shape index (κ1) is 22.3. The fourth-order valence-electron chi connectivity index (χ4n) is 2.87. The maximum atomic E-state index is 12.3. The molecule has 1 heterocycles. The minimum Gasteiger partial charge on any atom is -0.344 e. The topological polar surface area (TPSA) is 78.7 Å². The Morgan fingerprint density at radius 1 is 1.27 bits per heavy atom. The maximum Gasteiger partial charge on any atom is 0.318 e. The van der Waals surface area contributed by atoms with Crippen molar-refractivity contribution in [3.05, 3.63) is 35.4 Å². The Hall–Kier alpha value is -1.79. The molecule has 0 spiro atoms. The van der Waals surface area contributed by atoms with Gasteiger partial charge in [-0.2, -0.15) is 0 Å². The van der Waals surface area contributed by atoms with Crippen molar-refractivity contribution in [2.75, 3.05) is 26.7 Å². The second kappa shape index (κ2) is 10.4. The highest BCUT2D eigenvalue weighted by Gasteiger charge is 2.21. The van der Waals surface area contributed by atoms with Crippen LogP contribution in [0.4, 0.5) is 4.79 Å². The first-order valence-electron chi connectivity index (χ1n) is 8.97. The number of benzene rings is 1. The fourth-order valence-corrected chi connectivity index (χ4v) is 2.87. The van der Waals surface area contributed by atoms with E-state index in [4.69, 9.17) is 5.73 Å². The molecule has 0 bridgehead atoms. The summed E-state index contributed by atoms with van der Waals surface area (Å²) in [6, 6.07) is 8.05. The quantitative estimate of drug-likeness (QED) is 0.789. The van der Waals surface area contributed by atoms with Gasteiger partial charge < -0.3 is 20.9 Å². The zero-order valence-corrected chi connectivity index (χ0v) is 16.7. The van der Waals surface area contributed by atoms with E-state index in [9.17, 15) is 9.59 Å². The number of nitrogens with one attached hydrogen (secondary N) is 1. The van der Waals surface area contributed by atoms with Gasteiger partial charge in [0, 0.05) is 32.7 Å². The van der Waals surface area contributed by atoms with Gasteiger partial charge in [0.2, 0.25) is 5.91 Å². The third kappa shape index (κ3) is 6.18. The molecule has 1 aliphatic rings. The molecule has 0 aromatic heterocycles. The van der Waals surface area contributed by atoms with Crippen LogP contribution in [-0.4, -0.2) is 54.5 Å². The van der Waals surface area contributed by atoms with Gasteiger partial charge in [0.05, 0.1) is 6.54 Å². The Balaban J connectivity index is 0.00000338. The van der Waals surface area contributed by atoms with Crippen LogP contribution in [0.5, 0.6) is 0 Å². The van der Waals surface area contributed by atoms with Gasteiger partial charge in [-0.05, 0) is 29.9 Å². The summed E-state index contributed by atoms with van der Waals surface area (Å²) >= 11 is 0. The first-order valence-corrected chi connectivity index (χ1v) is 8.97. The van der Waals surface area contributed by atoms with Crippen LogP contribution in [0.2, 0.25) is 0 Å². The summed E-state index contributed by atoms with van der Waals surface area (Å²) in [5.41, 5.74) is 8.48. The van der Waals surface area contributed by atoms with Gasteiger partial charge in [-0.1, -0.05) is 38.1 Å². The minimum atomic E-state index is -0.185. The molecule has 1 aromatic rings. The number of halogens is 1. The lowest BCUT2D eigenvalue weighted by Gasteiger charge is -2.29. The summed E-state index contributed by atoms with van der Waals surface area (Å²) in [4.78, 5) is 27.9. The Morgan fingerprint density at radius 2 is 1.92 bits per heavy atom. The molecule has 7 heteroatoms. The predicted molar refractivity (Wildman–Crippen MR) is 106 cm³/mol. The average molecular weight is 383 g/mol. The fraction of sp³-hybridized carbons (Fsp3) is 0.579. The number of likely N-dealkylation sites (N-methyl/N-ethyl adjacent to an activating group) is 1. The highest BCUT2D eigenvalue weighted by atomic mass is 35.5. The van der Waals surface area contributed by atoms with E-state index in [-0.39, 0.29) is 36.9 Å². The molecule has 1 aliphatic heterocycles. The number of urea groups is 1. The van der Waals surface area contributed by atoms with Crippen molar-refractivity contribution in [3.8, 4) is 0 Å². The molecule has 6 nitrogen and oxygen atoms in total. The number of carbonyl (C=O) groups is 2. The van der Waals surface area contributed by atoms with Crippen molar-refractivity contribution in [2.45, 2.75) is 39.3 Å². The molecule has 3 amide bonds. The third-order valence-electron chi connectivity index (χ3n) is 4.89. The molecule has 3 N–H and O–H groups in total. The van der Waals surface area contributed by atoms with Crippen molar-refractivity contribution < 1.29 is 9.59 Å². The van der Waals surface area contributed by atoms with Gasteiger partial charge in [-0.25, -0.2) is 4.79 Å². The first-order chi connectivity index (χ1) is 11.9. The Kier molecular flexibility index (Phi) is 8.88. The van der Waals surface area contributed by atoms with Crippen LogP contribution >= 0.6 is 12.4 Å². The number of amides is 3. The molecule has 0 saturated carbocycles. The molecule has 0 aliphatic carbocycles. The van der Waals surface area contributed by atoms with Crippen LogP contribution in [0, 0.1) is 5.92 Å². The maximum absolute atomic E-state index is 12.3. The summed E-state index contributed by atoms with van der Waals surface area (Å²) in [5, 5.41) is 2.74. The van der Waals surface area contributed by atoms with E-state index in [0.29, 0.717) is 25.6 Å². The van der Waals surface area contributed by atoms with E-state index in [0.717, 1.165) is 12.8 Å². The smallest absolute Gasteiger partial charge is 0.318 e. The monoisotopic (exact) mass is 382 g/mol. The van der Waals surface area contributed by atoms with Crippen LogP contribution < -0.4 is 11.1 Å². The molecular weight excluding hydrogens is 352 g/mol.